The van der Waals surface area contributed by atoms with Crippen LogP contribution in [0, 0.1) is 0 Å². The van der Waals surface area contributed by atoms with Crippen molar-refractivity contribution in [2.75, 3.05) is 6.61 Å². The van der Waals surface area contributed by atoms with E-state index in [1.165, 1.54) is 0 Å². The maximum Gasteiger partial charge on any atom is 0.186 e. The van der Waals surface area contributed by atoms with E-state index in [1.54, 1.807) is 0 Å². The van der Waals surface area contributed by atoms with Crippen LogP contribution < -0.4 is 0 Å². The van der Waals surface area contributed by atoms with Gasteiger partial charge in [-0.15, -0.1) is 0 Å². The molecule has 1 rings (SSSR count). The number of aliphatic hydroxyl groups is 1. The standard InChI is InChI=1S/C18H36O6/c1-10(2)20-9-14-16(21-11(3)4)17(22-12(5)6)15(19)18(24-14)23-13(7)8/h10-19H,9H2,1-8H3. The van der Waals surface area contributed by atoms with Crippen LogP contribution in [0.2, 0.25) is 0 Å². The maximum absolute atomic E-state index is 10.7. The highest BCUT2D eigenvalue weighted by Gasteiger charge is 2.48. The van der Waals surface area contributed by atoms with Crippen LogP contribution in [0.4, 0.5) is 0 Å². The van der Waals surface area contributed by atoms with Crippen molar-refractivity contribution >= 4 is 0 Å². The fourth-order valence-corrected chi connectivity index (χ4v) is 2.64. The van der Waals surface area contributed by atoms with Crippen molar-refractivity contribution in [2.45, 2.75) is 111 Å². The summed E-state index contributed by atoms with van der Waals surface area (Å²) >= 11 is 0. The van der Waals surface area contributed by atoms with Crippen molar-refractivity contribution in [3.05, 3.63) is 0 Å². The second-order valence-corrected chi connectivity index (χ2v) is 7.40. The van der Waals surface area contributed by atoms with Crippen LogP contribution in [0.15, 0.2) is 0 Å². The van der Waals surface area contributed by atoms with E-state index in [0.29, 0.717) is 6.61 Å². The molecule has 24 heavy (non-hydrogen) atoms. The van der Waals surface area contributed by atoms with Gasteiger partial charge < -0.3 is 28.8 Å². The number of ether oxygens (including phenoxy) is 5. The van der Waals surface area contributed by atoms with Gasteiger partial charge in [0.1, 0.15) is 24.4 Å². The Morgan fingerprint density at radius 1 is 0.750 bits per heavy atom. The lowest BCUT2D eigenvalue weighted by atomic mass is 9.98. The zero-order valence-corrected chi connectivity index (χ0v) is 16.4. The van der Waals surface area contributed by atoms with Gasteiger partial charge in [0.2, 0.25) is 0 Å². The maximum atomic E-state index is 10.7. The molecular formula is C18H36O6. The van der Waals surface area contributed by atoms with Crippen molar-refractivity contribution < 1.29 is 28.8 Å². The molecular weight excluding hydrogens is 312 g/mol. The Bertz CT molecular complexity index is 334. The van der Waals surface area contributed by atoms with E-state index in [4.69, 9.17) is 23.7 Å². The van der Waals surface area contributed by atoms with Gasteiger partial charge in [-0.1, -0.05) is 0 Å². The van der Waals surface area contributed by atoms with E-state index in [2.05, 4.69) is 0 Å². The fourth-order valence-electron chi connectivity index (χ4n) is 2.64. The van der Waals surface area contributed by atoms with Gasteiger partial charge in [-0.2, -0.15) is 0 Å². The monoisotopic (exact) mass is 348 g/mol. The van der Waals surface area contributed by atoms with Crippen LogP contribution in [-0.4, -0.2) is 66.8 Å². The molecule has 0 spiro atoms. The van der Waals surface area contributed by atoms with E-state index in [-0.39, 0.29) is 30.5 Å². The van der Waals surface area contributed by atoms with Gasteiger partial charge in [0.05, 0.1) is 31.0 Å². The lowest BCUT2D eigenvalue weighted by Crippen LogP contribution is -2.62. The molecule has 1 saturated heterocycles. The van der Waals surface area contributed by atoms with E-state index in [0.717, 1.165) is 0 Å². The molecule has 1 aliphatic heterocycles. The first kappa shape index (κ1) is 21.8. The number of hydrogen-bond donors (Lipinski definition) is 1. The Hall–Kier alpha value is -0.240. The van der Waals surface area contributed by atoms with Gasteiger partial charge in [0.25, 0.3) is 0 Å². The summed E-state index contributed by atoms with van der Waals surface area (Å²) in [6, 6.07) is 0. The normalized spacial score (nSPS) is 31.6. The van der Waals surface area contributed by atoms with Gasteiger partial charge in [0.15, 0.2) is 6.29 Å². The van der Waals surface area contributed by atoms with Gasteiger partial charge in [-0.3, -0.25) is 0 Å². The molecule has 6 heteroatoms. The van der Waals surface area contributed by atoms with Crippen molar-refractivity contribution in [2.24, 2.45) is 0 Å². The van der Waals surface area contributed by atoms with Crippen molar-refractivity contribution in [3.63, 3.8) is 0 Å². The molecule has 5 atom stereocenters. The largest absolute Gasteiger partial charge is 0.385 e. The molecule has 0 aromatic rings. The molecule has 0 radical (unpaired) electrons. The molecule has 0 aromatic heterocycles. The molecule has 1 heterocycles. The zero-order chi connectivity index (χ0) is 18.4. The molecule has 0 bridgehead atoms. The van der Waals surface area contributed by atoms with E-state index in [9.17, 15) is 5.11 Å². The molecule has 1 N–H and O–H groups in total. The lowest BCUT2D eigenvalue weighted by Gasteiger charge is -2.45. The molecule has 6 nitrogen and oxygen atoms in total. The van der Waals surface area contributed by atoms with Gasteiger partial charge in [0, 0.05) is 0 Å². The minimum Gasteiger partial charge on any atom is -0.385 e. The smallest absolute Gasteiger partial charge is 0.186 e. The Labute approximate surface area is 146 Å². The Morgan fingerprint density at radius 2 is 1.25 bits per heavy atom. The summed E-state index contributed by atoms with van der Waals surface area (Å²) in [5, 5.41) is 10.7. The fraction of sp³-hybridized carbons (Fsp3) is 1.00. The topological polar surface area (TPSA) is 66.4 Å². The van der Waals surface area contributed by atoms with E-state index in [1.807, 2.05) is 55.4 Å². The first-order chi connectivity index (χ1) is 11.1. The predicted octanol–water partition coefficient (Wildman–Crippen LogP) is 2.51. The van der Waals surface area contributed by atoms with Crippen LogP contribution >= 0.6 is 0 Å². The molecule has 0 aliphatic carbocycles. The predicted molar refractivity (Wildman–Crippen MR) is 92.0 cm³/mol. The van der Waals surface area contributed by atoms with Gasteiger partial charge in [-0.25, -0.2) is 0 Å². The Kier molecular flexibility index (Phi) is 9.12. The molecule has 0 saturated carbocycles. The highest BCUT2D eigenvalue weighted by atomic mass is 16.7. The summed E-state index contributed by atoms with van der Waals surface area (Å²) < 4.78 is 29.5. The lowest BCUT2D eigenvalue weighted by molar-refractivity contribution is -0.329. The van der Waals surface area contributed by atoms with Gasteiger partial charge in [-0.05, 0) is 55.4 Å². The Morgan fingerprint density at radius 3 is 1.71 bits per heavy atom. The Balaban J connectivity index is 3.00. The van der Waals surface area contributed by atoms with Crippen molar-refractivity contribution in [1.82, 2.24) is 0 Å². The molecule has 0 aromatic carbocycles. The highest BCUT2D eigenvalue weighted by Crippen LogP contribution is 2.29. The molecule has 1 aliphatic rings. The third-order valence-corrected chi connectivity index (χ3v) is 3.47. The highest BCUT2D eigenvalue weighted by molar-refractivity contribution is 4.92. The minimum absolute atomic E-state index is 0.0202. The molecule has 5 unspecified atom stereocenters. The summed E-state index contributed by atoms with van der Waals surface area (Å²) in [5.41, 5.74) is 0. The average molecular weight is 348 g/mol. The third kappa shape index (κ3) is 6.94. The number of rotatable bonds is 9. The first-order valence-corrected chi connectivity index (χ1v) is 9.03. The SMILES string of the molecule is CC(C)OCC1OC(OC(C)C)C(O)C(OC(C)C)C1OC(C)C. The second-order valence-electron chi connectivity index (χ2n) is 7.40. The van der Waals surface area contributed by atoms with Crippen LogP contribution in [-0.2, 0) is 23.7 Å². The van der Waals surface area contributed by atoms with Crippen molar-refractivity contribution in [1.29, 1.82) is 0 Å². The quantitative estimate of drug-likeness (QED) is 0.691. The zero-order valence-electron chi connectivity index (χ0n) is 16.4. The van der Waals surface area contributed by atoms with Crippen LogP contribution in [0.5, 0.6) is 0 Å². The summed E-state index contributed by atoms with van der Waals surface area (Å²) in [6.07, 6.45) is -3.08. The van der Waals surface area contributed by atoms with E-state index < -0.39 is 24.6 Å². The third-order valence-electron chi connectivity index (χ3n) is 3.47. The minimum atomic E-state index is -0.922. The van der Waals surface area contributed by atoms with Gasteiger partial charge >= 0.3 is 0 Å². The van der Waals surface area contributed by atoms with Crippen LogP contribution in [0.3, 0.4) is 0 Å². The summed E-state index contributed by atoms with van der Waals surface area (Å²) in [7, 11) is 0. The van der Waals surface area contributed by atoms with E-state index >= 15 is 0 Å². The molecule has 144 valence electrons. The first-order valence-electron chi connectivity index (χ1n) is 9.03. The summed E-state index contributed by atoms with van der Waals surface area (Å²) in [4.78, 5) is 0. The number of aliphatic hydroxyl groups excluding tert-OH is 1. The summed E-state index contributed by atoms with van der Waals surface area (Å²) in [6.45, 7) is 15.9. The van der Waals surface area contributed by atoms with Crippen LogP contribution in [0.25, 0.3) is 0 Å². The summed E-state index contributed by atoms with van der Waals surface area (Å²) in [5.74, 6) is 0. The van der Waals surface area contributed by atoms with Crippen molar-refractivity contribution in [3.8, 4) is 0 Å². The average Bonchev–Trinajstić information content (AvgIpc) is 2.42. The second kappa shape index (κ2) is 10.0. The number of hydrogen-bond acceptors (Lipinski definition) is 6. The van der Waals surface area contributed by atoms with Crippen LogP contribution in [0.1, 0.15) is 55.4 Å². The molecule has 1 fully saturated rings. The molecule has 0 amide bonds.